The highest BCUT2D eigenvalue weighted by molar-refractivity contribution is 6.37. The molecule has 0 aromatic heterocycles. The molecule has 5 rings (SSSR count). The van der Waals surface area contributed by atoms with Gasteiger partial charge in [0.05, 0.1) is 29.3 Å². The third-order valence-electron chi connectivity index (χ3n) is 8.39. The van der Waals surface area contributed by atoms with Crippen molar-refractivity contribution in [3.63, 3.8) is 0 Å². The van der Waals surface area contributed by atoms with Gasteiger partial charge in [-0.25, -0.2) is 0 Å². The number of ether oxygens (including phenoxy) is 5. The van der Waals surface area contributed by atoms with Crippen LogP contribution in [0.2, 0.25) is 15.1 Å². The van der Waals surface area contributed by atoms with Gasteiger partial charge in [-0.05, 0) is 97.3 Å². The fraction of sp³-hybridized carbons (Fsp3) is 0.432. The van der Waals surface area contributed by atoms with Gasteiger partial charge in [0, 0.05) is 37.4 Å². The molecule has 1 aliphatic carbocycles. The third kappa shape index (κ3) is 9.66. The standard InChI is InChI=1S/C37H43Cl3N2O6/c1-24-18-32(39)36(33(40)19-24)48-17-16-47-29-9-5-26(6-10-29)30-12-14-41-34(22-46-23-45-3)35(30)37(43)42(28-7-8-28)21-27-20-25(13-15-44-2)4-11-31(27)38/h4-6,9-11,18-20,28,34,41H,7-8,12-17,21-23H2,1-3H3/t34-/m1/s1. The van der Waals surface area contributed by atoms with Gasteiger partial charge in [0.1, 0.15) is 25.8 Å². The number of halogens is 3. The molecule has 0 spiro atoms. The SMILES string of the molecule is COCCc1ccc(Cl)c(CN(C(=O)C2=C(c3ccc(OCCOc4c(Cl)cc(C)cc4Cl)cc3)CCN[C@@H]2COCOC)C2CC2)c1. The van der Waals surface area contributed by atoms with Gasteiger partial charge in [0.2, 0.25) is 0 Å². The van der Waals surface area contributed by atoms with Crippen molar-refractivity contribution in [3.8, 4) is 11.5 Å². The Morgan fingerprint density at radius 2 is 1.62 bits per heavy atom. The van der Waals surface area contributed by atoms with E-state index in [1.54, 1.807) is 14.2 Å². The Hall–Kier alpha value is -2.82. The summed E-state index contributed by atoms with van der Waals surface area (Å²) in [6, 6.07) is 17.3. The summed E-state index contributed by atoms with van der Waals surface area (Å²) in [5, 5.41) is 5.10. The number of rotatable bonds is 17. The Kier molecular flexibility index (Phi) is 13.5. The van der Waals surface area contributed by atoms with Crippen LogP contribution in [0.25, 0.3) is 5.57 Å². The topological polar surface area (TPSA) is 78.5 Å². The minimum atomic E-state index is -0.297. The number of nitrogens with zero attached hydrogens (tertiary/aromatic N) is 1. The van der Waals surface area contributed by atoms with Crippen LogP contribution in [0.4, 0.5) is 0 Å². The van der Waals surface area contributed by atoms with Crippen molar-refractivity contribution in [2.75, 3.05) is 54.0 Å². The van der Waals surface area contributed by atoms with E-state index in [2.05, 4.69) is 11.4 Å². The largest absolute Gasteiger partial charge is 0.490 e. The molecule has 1 N–H and O–H groups in total. The fourth-order valence-corrected chi connectivity index (χ4v) is 6.77. The van der Waals surface area contributed by atoms with Crippen LogP contribution < -0.4 is 14.8 Å². The zero-order chi connectivity index (χ0) is 34.0. The van der Waals surface area contributed by atoms with Gasteiger partial charge in [-0.3, -0.25) is 4.79 Å². The molecule has 0 radical (unpaired) electrons. The van der Waals surface area contributed by atoms with Gasteiger partial charge in [0.15, 0.2) is 5.75 Å². The minimum Gasteiger partial charge on any atom is -0.490 e. The maximum absolute atomic E-state index is 14.6. The van der Waals surface area contributed by atoms with Crippen molar-refractivity contribution in [3.05, 3.63) is 97.5 Å². The van der Waals surface area contributed by atoms with E-state index in [1.807, 2.05) is 60.4 Å². The van der Waals surface area contributed by atoms with Crippen LogP contribution in [0.15, 0.2) is 60.2 Å². The number of nitrogens with one attached hydrogen (secondary N) is 1. The summed E-state index contributed by atoms with van der Waals surface area (Å²) < 4.78 is 28.0. The summed E-state index contributed by atoms with van der Waals surface area (Å²) >= 11 is 19.3. The highest BCUT2D eigenvalue weighted by atomic mass is 35.5. The van der Waals surface area contributed by atoms with Crippen molar-refractivity contribution in [2.45, 2.75) is 51.2 Å². The van der Waals surface area contributed by atoms with Crippen molar-refractivity contribution >= 4 is 46.3 Å². The molecule has 0 bridgehead atoms. The molecule has 1 aliphatic heterocycles. The molecular weight excluding hydrogens is 675 g/mol. The van der Waals surface area contributed by atoms with Crippen molar-refractivity contribution in [1.29, 1.82) is 0 Å². The quantitative estimate of drug-likeness (QED) is 0.114. The molecule has 3 aromatic rings. The summed E-state index contributed by atoms with van der Waals surface area (Å²) in [5.41, 5.74) is 5.69. The average molecular weight is 718 g/mol. The summed E-state index contributed by atoms with van der Waals surface area (Å²) in [4.78, 5) is 16.6. The maximum atomic E-state index is 14.6. The molecule has 1 amide bonds. The van der Waals surface area contributed by atoms with E-state index in [0.29, 0.717) is 71.5 Å². The van der Waals surface area contributed by atoms with E-state index in [9.17, 15) is 4.79 Å². The molecule has 1 saturated carbocycles. The van der Waals surface area contributed by atoms with Gasteiger partial charge in [-0.15, -0.1) is 0 Å². The van der Waals surface area contributed by atoms with Gasteiger partial charge in [0.25, 0.3) is 5.91 Å². The molecule has 1 fully saturated rings. The van der Waals surface area contributed by atoms with E-state index in [1.165, 1.54) is 0 Å². The summed E-state index contributed by atoms with van der Waals surface area (Å²) in [6.45, 7) is 4.71. The van der Waals surface area contributed by atoms with Crippen LogP contribution in [0, 0.1) is 6.92 Å². The predicted octanol–water partition coefficient (Wildman–Crippen LogP) is 7.53. The van der Waals surface area contributed by atoms with Crippen LogP contribution in [0.5, 0.6) is 11.5 Å². The first kappa shape index (κ1) is 36.5. The fourth-order valence-electron chi connectivity index (χ4n) is 5.88. The monoisotopic (exact) mass is 716 g/mol. The Labute approximate surface area is 298 Å². The van der Waals surface area contributed by atoms with Crippen molar-refractivity contribution in [1.82, 2.24) is 10.2 Å². The Morgan fingerprint density at radius 3 is 2.31 bits per heavy atom. The Morgan fingerprint density at radius 1 is 0.896 bits per heavy atom. The predicted molar refractivity (Wildman–Crippen MR) is 190 cm³/mol. The molecule has 0 saturated heterocycles. The van der Waals surface area contributed by atoms with Crippen LogP contribution in [0.1, 0.15) is 41.5 Å². The zero-order valence-corrected chi connectivity index (χ0v) is 29.9. The van der Waals surface area contributed by atoms with Crippen LogP contribution in [-0.2, 0) is 32.0 Å². The Bertz CT molecular complexity index is 1550. The highest BCUT2D eigenvalue weighted by Gasteiger charge is 2.38. The highest BCUT2D eigenvalue weighted by Crippen LogP contribution is 2.37. The van der Waals surface area contributed by atoms with E-state index in [-0.39, 0.29) is 31.4 Å². The normalized spacial score (nSPS) is 16.2. The van der Waals surface area contributed by atoms with E-state index < -0.39 is 0 Å². The second-order valence-electron chi connectivity index (χ2n) is 12.0. The van der Waals surface area contributed by atoms with Crippen molar-refractivity contribution < 1.29 is 28.5 Å². The molecule has 1 heterocycles. The number of aryl methyl sites for hydroxylation is 1. The zero-order valence-electron chi connectivity index (χ0n) is 27.7. The number of methoxy groups -OCH3 is 2. The van der Waals surface area contributed by atoms with Gasteiger partial charge in [-0.2, -0.15) is 0 Å². The lowest BCUT2D eigenvalue weighted by molar-refractivity contribution is -0.129. The number of amides is 1. The molecule has 258 valence electrons. The van der Waals surface area contributed by atoms with Crippen LogP contribution in [-0.4, -0.2) is 76.9 Å². The lowest BCUT2D eigenvalue weighted by Gasteiger charge is -2.33. The number of carbonyl (C=O) groups is 1. The molecular formula is C37H43Cl3N2O6. The van der Waals surface area contributed by atoms with E-state index in [4.69, 9.17) is 58.5 Å². The van der Waals surface area contributed by atoms with Crippen LogP contribution >= 0.6 is 34.8 Å². The van der Waals surface area contributed by atoms with E-state index >= 15 is 0 Å². The number of hydrogen-bond donors (Lipinski definition) is 1. The Balaban J connectivity index is 1.35. The number of carbonyl (C=O) groups excluding carboxylic acids is 1. The van der Waals surface area contributed by atoms with Gasteiger partial charge in [-0.1, -0.05) is 59.1 Å². The summed E-state index contributed by atoms with van der Waals surface area (Å²) in [5.74, 6) is 1.13. The third-order valence-corrected chi connectivity index (χ3v) is 9.32. The molecule has 48 heavy (non-hydrogen) atoms. The smallest absolute Gasteiger partial charge is 0.252 e. The molecule has 8 nitrogen and oxygen atoms in total. The first-order valence-corrected chi connectivity index (χ1v) is 17.3. The number of benzene rings is 3. The lowest BCUT2D eigenvalue weighted by atomic mass is 9.88. The molecule has 1 atom stereocenters. The second kappa shape index (κ2) is 17.7. The second-order valence-corrected chi connectivity index (χ2v) is 13.3. The molecule has 11 heteroatoms. The molecule has 3 aromatic carbocycles. The average Bonchev–Trinajstić information content (AvgIpc) is 3.92. The maximum Gasteiger partial charge on any atom is 0.252 e. The molecule has 0 unspecified atom stereocenters. The van der Waals surface area contributed by atoms with Gasteiger partial charge < -0.3 is 33.9 Å². The number of hydrogen-bond acceptors (Lipinski definition) is 7. The summed E-state index contributed by atoms with van der Waals surface area (Å²) in [7, 11) is 3.28. The van der Waals surface area contributed by atoms with Gasteiger partial charge >= 0.3 is 0 Å². The first-order valence-electron chi connectivity index (χ1n) is 16.2. The first-order chi connectivity index (χ1) is 23.3. The van der Waals surface area contributed by atoms with Crippen molar-refractivity contribution in [2.24, 2.45) is 0 Å². The minimum absolute atomic E-state index is 0.00465. The van der Waals surface area contributed by atoms with Crippen LogP contribution in [0.3, 0.4) is 0 Å². The molecule has 2 aliphatic rings. The van der Waals surface area contributed by atoms with E-state index in [0.717, 1.165) is 47.1 Å². The summed E-state index contributed by atoms with van der Waals surface area (Å²) in [6.07, 6.45) is 3.40. The lowest BCUT2D eigenvalue weighted by Crippen LogP contribution is -2.47.